The highest BCUT2D eigenvalue weighted by molar-refractivity contribution is 5.43. The molecule has 0 bridgehead atoms. The first-order valence-corrected chi connectivity index (χ1v) is 6.25. The fourth-order valence-corrected chi connectivity index (χ4v) is 2.37. The summed E-state index contributed by atoms with van der Waals surface area (Å²) in [4.78, 5) is 4.31. The molecular weight excluding hydrogens is 233 g/mol. The summed E-state index contributed by atoms with van der Waals surface area (Å²) < 4.78 is 14.5. The molecule has 1 aliphatic carbocycles. The topological polar surface area (TPSA) is 68.2 Å². The van der Waals surface area contributed by atoms with Gasteiger partial charge in [-0.1, -0.05) is 0 Å². The summed E-state index contributed by atoms with van der Waals surface area (Å²) in [5, 5.41) is 7.50. The molecule has 1 aliphatic rings. The fourth-order valence-electron chi connectivity index (χ4n) is 2.37. The minimum atomic E-state index is -0.317. The molecule has 0 unspecified atom stereocenters. The quantitative estimate of drug-likeness (QED) is 0.847. The van der Waals surface area contributed by atoms with Gasteiger partial charge in [0.25, 0.3) is 0 Å². The van der Waals surface area contributed by atoms with Crippen molar-refractivity contribution in [1.29, 1.82) is 0 Å². The maximum atomic E-state index is 13.0. The van der Waals surface area contributed by atoms with Crippen LogP contribution < -0.4 is 11.1 Å². The highest BCUT2D eigenvalue weighted by atomic mass is 19.1. The molecule has 2 aromatic heterocycles. The molecule has 2 heterocycles. The molecule has 0 aliphatic heterocycles. The average molecular weight is 249 g/mol. The number of hydrogen-bond donors (Lipinski definition) is 2. The zero-order chi connectivity index (χ0) is 12.5. The first-order chi connectivity index (χ1) is 8.70. The third-order valence-corrected chi connectivity index (χ3v) is 3.40. The van der Waals surface area contributed by atoms with E-state index < -0.39 is 0 Å². The molecule has 1 fully saturated rings. The monoisotopic (exact) mass is 249 g/mol. The van der Waals surface area contributed by atoms with E-state index in [2.05, 4.69) is 15.4 Å². The number of rotatable bonds is 2. The molecule has 0 atom stereocenters. The second-order valence-electron chi connectivity index (χ2n) is 4.84. The number of halogens is 1. The van der Waals surface area contributed by atoms with Crippen molar-refractivity contribution in [3.63, 3.8) is 0 Å². The number of anilines is 1. The molecule has 6 heteroatoms. The van der Waals surface area contributed by atoms with Crippen LogP contribution in [0.4, 0.5) is 10.3 Å². The number of nitrogens with one attached hydrogen (secondary N) is 1. The van der Waals surface area contributed by atoms with Crippen molar-refractivity contribution in [1.82, 2.24) is 14.6 Å². The normalized spacial score (nSPS) is 24.3. The molecule has 3 rings (SSSR count). The van der Waals surface area contributed by atoms with Gasteiger partial charge in [-0.25, -0.2) is 8.91 Å². The zero-order valence-electron chi connectivity index (χ0n) is 10.0. The Labute approximate surface area is 104 Å². The first kappa shape index (κ1) is 11.4. The molecule has 18 heavy (non-hydrogen) atoms. The summed E-state index contributed by atoms with van der Waals surface area (Å²) in [6, 6.07) is 3.69. The maximum Gasteiger partial charge on any atom is 0.243 e. The van der Waals surface area contributed by atoms with E-state index in [-0.39, 0.29) is 5.82 Å². The fraction of sp³-hybridized carbons (Fsp3) is 0.500. The third kappa shape index (κ3) is 2.28. The molecule has 3 N–H and O–H groups in total. The second kappa shape index (κ2) is 4.53. The Bertz CT molecular complexity index is 544. The Morgan fingerprint density at radius 3 is 2.83 bits per heavy atom. The van der Waals surface area contributed by atoms with Crippen LogP contribution in [0, 0.1) is 5.82 Å². The van der Waals surface area contributed by atoms with Crippen LogP contribution in [-0.4, -0.2) is 26.7 Å². The summed E-state index contributed by atoms with van der Waals surface area (Å²) >= 11 is 0. The SMILES string of the molecule is NC1CCC(Nc2nc3ccc(F)cn3n2)CC1. The Balaban J connectivity index is 1.74. The third-order valence-electron chi connectivity index (χ3n) is 3.40. The van der Waals surface area contributed by atoms with Crippen LogP contribution in [0.25, 0.3) is 5.65 Å². The second-order valence-corrected chi connectivity index (χ2v) is 4.84. The largest absolute Gasteiger partial charge is 0.350 e. The highest BCUT2D eigenvalue weighted by Crippen LogP contribution is 2.20. The molecule has 0 saturated heterocycles. The van der Waals surface area contributed by atoms with Crippen molar-refractivity contribution in [2.45, 2.75) is 37.8 Å². The lowest BCUT2D eigenvalue weighted by atomic mass is 9.92. The van der Waals surface area contributed by atoms with E-state index in [1.54, 1.807) is 6.07 Å². The Morgan fingerprint density at radius 1 is 1.28 bits per heavy atom. The van der Waals surface area contributed by atoms with E-state index in [0.717, 1.165) is 25.7 Å². The van der Waals surface area contributed by atoms with Gasteiger partial charge in [-0.3, -0.25) is 0 Å². The molecule has 96 valence electrons. The number of nitrogens with zero attached hydrogens (tertiary/aromatic N) is 3. The maximum absolute atomic E-state index is 13.0. The smallest absolute Gasteiger partial charge is 0.243 e. The molecule has 0 radical (unpaired) electrons. The van der Waals surface area contributed by atoms with Gasteiger partial charge in [-0.15, -0.1) is 5.10 Å². The summed E-state index contributed by atoms with van der Waals surface area (Å²) in [7, 11) is 0. The Morgan fingerprint density at radius 2 is 2.06 bits per heavy atom. The van der Waals surface area contributed by atoms with Crippen LogP contribution in [0.2, 0.25) is 0 Å². The van der Waals surface area contributed by atoms with Gasteiger partial charge >= 0.3 is 0 Å². The van der Waals surface area contributed by atoms with Crippen LogP contribution in [0.5, 0.6) is 0 Å². The van der Waals surface area contributed by atoms with Crippen LogP contribution in [0.3, 0.4) is 0 Å². The lowest BCUT2D eigenvalue weighted by Gasteiger charge is -2.26. The van der Waals surface area contributed by atoms with Gasteiger partial charge in [0, 0.05) is 12.1 Å². The molecule has 1 saturated carbocycles. The van der Waals surface area contributed by atoms with Crippen molar-refractivity contribution in [3.8, 4) is 0 Å². The molecule has 0 amide bonds. The van der Waals surface area contributed by atoms with Crippen LogP contribution in [0.15, 0.2) is 18.3 Å². The van der Waals surface area contributed by atoms with Crippen LogP contribution in [-0.2, 0) is 0 Å². The molecule has 0 spiro atoms. The van der Waals surface area contributed by atoms with Crippen LogP contribution >= 0.6 is 0 Å². The van der Waals surface area contributed by atoms with Crippen molar-refractivity contribution < 1.29 is 4.39 Å². The summed E-state index contributed by atoms with van der Waals surface area (Å²) in [6.45, 7) is 0. The van der Waals surface area contributed by atoms with E-state index in [0.29, 0.717) is 23.7 Å². The van der Waals surface area contributed by atoms with Crippen molar-refractivity contribution in [2.24, 2.45) is 5.73 Å². The predicted octanol–water partition coefficient (Wildman–Crippen LogP) is 1.55. The number of hydrogen-bond acceptors (Lipinski definition) is 4. The highest BCUT2D eigenvalue weighted by Gasteiger charge is 2.19. The standard InChI is InChI=1S/C12H16FN5/c13-8-1-6-11-16-12(17-18(11)7-8)15-10-4-2-9(14)3-5-10/h1,6-7,9-10H,2-5,14H2,(H,15,17). The predicted molar refractivity (Wildman–Crippen MR) is 66.8 cm³/mol. The molecule has 5 nitrogen and oxygen atoms in total. The number of aromatic nitrogens is 3. The number of fused-ring (bicyclic) bond motifs is 1. The number of nitrogens with two attached hydrogens (primary N) is 1. The van der Waals surface area contributed by atoms with Gasteiger partial charge in [0.2, 0.25) is 5.95 Å². The number of pyridine rings is 1. The molecule has 2 aromatic rings. The van der Waals surface area contributed by atoms with E-state index in [9.17, 15) is 4.39 Å². The Hall–Kier alpha value is -1.69. The zero-order valence-corrected chi connectivity index (χ0v) is 10.0. The van der Waals surface area contributed by atoms with Gasteiger partial charge in [0.1, 0.15) is 5.82 Å². The average Bonchev–Trinajstić information content (AvgIpc) is 2.73. The van der Waals surface area contributed by atoms with Crippen molar-refractivity contribution >= 4 is 11.6 Å². The van der Waals surface area contributed by atoms with E-state index in [4.69, 9.17) is 5.73 Å². The van der Waals surface area contributed by atoms with Gasteiger partial charge < -0.3 is 11.1 Å². The van der Waals surface area contributed by atoms with Crippen molar-refractivity contribution in [2.75, 3.05) is 5.32 Å². The van der Waals surface area contributed by atoms with E-state index >= 15 is 0 Å². The van der Waals surface area contributed by atoms with E-state index in [1.165, 1.54) is 16.8 Å². The minimum Gasteiger partial charge on any atom is -0.350 e. The van der Waals surface area contributed by atoms with Gasteiger partial charge in [-0.2, -0.15) is 4.98 Å². The first-order valence-electron chi connectivity index (χ1n) is 6.25. The minimum absolute atomic E-state index is 0.317. The van der Waals surface area contributed by atoms with Gasteiger partial charge in [-0.05, 0) is 37.8 Å². The molecule has 0 aromatic carbocycles. The summed E-state index contributed by atoms with van der Waals surface area (Å²) in [5.41, 5.74) is 6.51. The van der Waals surface area contributed by atoms with E-state index in [1.807, 2.05) is 0 Å². The van der Waals surface area contributed by atoms with Gasteiger partial charge in [0.15, 0.2) is 5.65 Å². The van der Waals surface area contributed by atoms with Gasteiger partial charge in [0.05, 0.1) is 6.20 Å². The van der Waals surface area contributed by atoms with Crippen molar-refractivity contribution in [3.05, 3.63) is 24.1 Å². The molecular formula is C12H16FN5. The Kier molecular flexibility index (Phi) is 2.87. The lowest BCUT2D eigenvalue weighted by Crippen LogP contribution is -2.33. The lowest BCUT2D eigenvalue weighted by molar-refractivity contribution is 0.410. The summed E-state index contributed by atoms with van der Waals surface area (Å²) in [6.07, 6.45) is 5.44. The van der Waals surface area contributed by atoms with Crippen LogP contribution in [0.1, 0.15) is 25.7 Å². The summed E-state index contributed by atoms with van der Waals surface area (Å²) in [5.74, 6) is 0.240.